The van der Waals surface area contributed by atoms with Crippen LogP contribution >= 0.6 is 11.6 Å². The number of nitrogens with one attached hydrogen (secondary N) is 2. The highest BCUT2D eigenvalue weighted by atomic mass is 35.5. The van der Waals surface area contributed by atoms with Gasteiger partial charge in [0.25, 0.3) is 0 Å². The summed E-state index contributed by atoms with van der Waals surface area (Å²) in [5, 5.41) is 12.5. The fourth-order valence-corrected chi connectivity index (χ4v) is 2.59. The summed E-state index contributed by atoms with van der Waals surface area (Å²) in [6.07, 6.45) is 2.01. The molecule has 0 saturated carbocycles. The Labute approximate surface area is 127 Å². The lowest BCUT2D eigenvalue weighted by Crippen LogP contribution is -1.98. The zero-order valence-corrected chi connectivity index (χ0v) is 11.9. The Hall–Kier alpha value is -2.46. The molecule has 0 aliphatic rings. The standard InChI is InChI=1S/C16H13ClN4/c17-14-3-1-2-11(8-14)10-21-7-6-12-9-13(16(18)20-19)4-5-15(12)21/h1-9,18-19H,10H2. The van der Waals surface area contributed by atoms with Gasteiger partial charge in [-0.15, -0.1) is 5.11 Å². The number of hydrogen-bond acceptors (Lipinski definition) is 2. The van der Waals surface area contributed by atoms with E-state index in [9.17, 15) is 0 Å². The molecule has 0 bridgehead atoms. The Morgan fingerprint density at radius 1 is 1.14 bits per heavy atom. The molecule has 0 unspecified atom stereocenters. The van der Waals surface area contributed by atoms with Gasteiger partial charge in [-0.05, 0) is 42.0 Å². The molecule has 5 heteroatoms. The van der Waals surface area contributed by atoms with Crippen LogP contribution in [-0.2, 0) is 6.54 Å². The summed E-state index contributed by atoms with van der Waals surface area (Å²) in [5.41, 5.74) is 9.78. The minimum absolute atomic E-state index is 0.0282. The minimum Gasteiger partial charge on any atom is -0.343 e. The van der Waals surface area contributed by atoms with E-state index in [0.717, 1.165) is 28.0 Å². The average molecular weight is 297 g/mol. The van der Waals surface area contributed by atoms with E-state index in [-0.39, 0.29) is 5.84 Å². The van der Waals surface area contributed by atoms with Crippen LogP contribution in [0.15, 0.2) is 59.8 Å². The van der Waals surface area contributed by atoms with Crippen molar-refractivity contribution in [1.82, 2.24) is 4.57 Å². The molecule has 104 valence electrons. The number of fused-ring (bicyclic) bond motifs is 1. The lowest BCUT2D eigenvalue weighted by molar-refractivity contribution is 0.837. The van der Waals surface area contributed by atoms with Crippen LogP contribution in [-0.4, -0.2) is 10.4 Å². The van der Waals surface area contributed by atoms with Gasteiger partial charge in [-0.2, -0.15) is 0 Å². The van der Waals surface area contributed by atoms with E-state index in [4.69, 9.17) is 22.5 Å². The van der Waals surface area contributed by atoms with Crippen LogP contribution in [0.1, 0.15) is 11.1 Å². The van der Waals surface area contributed by atoms with Crippen LogP contribution < -0.4 is 0 Å². The number of aromatic nitrogens is 1. The monoisotopic (exact) mass is 296 g/mol. The third-order valence-electron chi connectivity index (χ3n) is 3.40. The van der Waals surface area contributed by atoms with Crippen molar-refractivity contribution in [2.75, 3.05) is 0 Å². The molecule has 0 aliphatic carbocycles. The summed E-state index contributed by atoms with van der Waals surface area (Å²) >= 11 is 6.01. The number of amidine groups is 1. The van der Waals surface area contributed by atoms with Gasteiger partial charge in [-0.25, -0.2) is 5.53 Å². The summed E-state index contributed by atoms with van der Waals surface area (Å²) in [6.45, 7) is 0.740. The third kappa shape index (κ3) is 2.71. The van der Waals surface area contributed by atoms with E-state index in [2.05, 4.69) is 9.68 Å². The molecule has 0 atom stereocenters. The molecular formula is C16H13ClN4. The Kier molecular flexibility index (Phi) is 3.54. The average Bonchev–Trinajstić information content (AvgIpc) is 2.89. The van der Waals surface area contributed by atoms with E-state index in [0.29, 0.717) is 5.56 Å². The van der Waals surface area contributed by atoms with Crippen LogP contribution in [0.2, 0.25) is 5.02 Å². The van der Waals surface area contributed by atoms with Gasteiger partial charge in [0.05, 0.1) is 0 Å². The molecule has 4 nitrogen and oxygen atoms in total. The maximum atomic E-state index is 7.59. The Morgan fingerprint density at radius 2 is 2.00 bits per heavy atom. The predicted molar refractivity (Wildman–Crippen MR) is 84.5 cm³/mol. The molecule has 3 rings (SSSR count). The number of halogens is 1. The Bertz CT molecular complexity index is 835. The third-order valence-corrected chi connectivity index (χ3v) is 3.63. The fraction of sp³-hybridized carbons (Fsp3) is 0.0625. The largest absolute Gasteiger partial charge is 0.343 e. The summed E-state index contributed by atoms with van der Waals surface area (Å²) in [4.78, 5) is 0. The molecule has 1 heterocycles. The van der Waals surface area contributed by atoms with Crippen molar-refractivity contribution >= 4 is 28.3 Å². The van der Waals surface area contributed by atoms with Gasteiger partial charge in [-0.3, -0.25) is 5.41 Å². The summed E-state index contributed by atoms with van der Waals surface area (Å²) in [6, 6.07) is 15.5. The first-order valence-electron chi connectivity index (χ1n) is 6.47. The molecule has 3 aromatic rings. The van der Waals surface area contributed by atoms with Crippen LogP contribution in [0.5, 0.6) is 0 Å². The zero-order valence-electron chi connectivity index (χ0n) is 11.2. The summed E-state index contributed by atoms with van der Waals surface area (Å²) < 4.78 is 2.13. The highest BCUT2D eigenvalue weighted by Gasteiger charge is 2.06. The molecule has 0 saturated heterocycles. The first kappa shape index (κ1) is 13.5. The number of hydrogen-bond donors (Lipinski definition) is 2. The minimum atomic E-state index is -0.0282. The molecule has 0 aliphatic heterocycles. The van der Waals surface area contributed by atoms with Crippen LogP contribution in [0.4, 0.5) is 0 Å². The van der Waals surface area contributed by atoms with E-state index in [1.807, 2.05) is 54.7 Å². The molecule has 2 aromatic carbocycles. The topological polar surface area (TPSA) is 65.0 Å². The maximum Gasteiger partial charge on any atom is 0.173 e. The van der Waals surface area contributed by atoms with E-state index in [1.54, 1.807) is 0 Å². The van der Waals surface area contributed by atoms with Gasteiger partial charge in [0.1, 0.15) is 0 Å². The molecule has 21 heavy (non-hydrogen) atoms. The van der Waals surface area contributed by atoms with Crippen molar-refractivity contribution < 1.29 is 0 Å². The van der Waals surface area contributed by atoms with Gasteiger partial charge in [0.2, 0.25) is 0 Å². The highest BCUT2D eigenvalue weighted by molar-refractivity contribution is 6.30. The molecule has 0 amide bonds. The van der Waals surface area contributed by atoms with Gasteiger partial charge in [-0.1, -0.05) is 23.7 Å². The van der Waals surface area contributed by atoms with Crippen molar-refractivity contribution in [3.63, 3.8) is 0 Å². The molecule has 0 fully saturated rings. The molecule has 2 N–H and O–H groups in total. The van der Waals surface area contributed by atoms with Gasteiger partial charge in [0.15, 0.2) is 5.84 Å². The maximum absolute atomic E-state index is 7.59. The smallest absolute Gasteiger partial charge is 0.173 e. The summed E-state index contributed by atoms with van der Waals surface area (Å²) in [7, 11) is 0. The normalized spacial score (nSPS) is 10.7. The van der Waals surface area contributed by atoms with Gasteiger partial charge in [0, 0.05) is 34.2 Å². The lowest BCUT2D eigenvalue weighted by Gasteiger charge is -2.07. The number of nitrogens with zero attached hydrogens (tertiary/aromatic N) is 2. The van der Waals surface area contributed by atoms with Crippen LogP contribution in [0.25, 0.3) is 10.9 Å². The van der Waals surface area contributed by atoms with Crippen LogP contribution in [0, 0.1) is 10.9 Å². The van der Waals surface area contributed by atoms with E-state index < -0.39 is 0 Å². The molecule has 0 radical (unpaired) electrons. The van der Waals surface area contributed by atoms with Crippen molar-refractivity contribution in [1.29, 1.82) is 10.9 Å². The number of rotatable bonds is 3. The molecule has 1 aromatic heterocycles. The first-order chi connectivity index (χ1) is 10.2. The van der Waals surface area contributed by atoms with Crippen molar-refractivity contribution in [3.8, 4) is 0 Å². The van der Waals surface area contributed by atoms with E-state index >= 15 is 0 Å². The van der Waals surface area contributed by atoms with Crippen molar-refractivity contribution in [3.05, 3.63) is 70.9 Å². The van der Waals surface area contributed by atoms with Gasteiger partial charge < -0.3 is 4.57 Å². The van der Waals surface area contributed by atoms with Crippen molar-refractivity contribution in [2.45, 2.75) is 6.54 Å². The second kappa shape index (κ2) is 5.50. The van der Waals surface area contributed by atoms with E-state index in [1.165, 1.54) is 0 Å². The Balaban J connectivity index is 1.97. The number of benzene rings is 2. The lowest BCUT2D eigenvalue weighted by atomic mass is 10.1. The second-order valence-electron chi connectivity index (χ2n) is 4.81. The second-order valence-corrected chi connectivity index (χ2v) is 5.24. The predicted octanol–water partition coefficient (Wildman–Crippen LogP) is 4.70. The quantitative estimate of drug-likeness (QED) is 0.400. The van der Waals surface area contributed by atoms with Crippen LogP contribution in [0.3, 0.4) is 0 Å². The zero-order chi connectivity index (χ0) is 14.8. The van der Waals surface area contributed by atoms with Gasteiger partial charge >= 0.3 is 0 Å². The highest BCUT2D eigenvalue weighted by Crippen LogP contribution is 2.20. The molecular weight excluding hydrogens is 284 g/mol. The SMILES string of the molecule is N=NC(=N)c1ccc2c(ccn2Cc2cccc(Cl)c2)c1. The first-order valence-corrected chi connectivity index (χ1v) is 6.85. The van der Waals surface area contributed by atoms with Crippen molar-refractivity contribution in [2.24, 2.45) is 5.11 Å². The fourth-order valence-electron chi connectivity index (χ4n) is 2.38. The summed E-state index contributed by atoms with van der Waals surface area (Å²) in [5.74, 6) is -0.0282. The molecule has 0 spiro atoms. The Morgan fingerprint density at radius 3 is 2.76 bits per heavy atom.